The van der Waals surface area contributed by atoms with E-state index >= 15 is 0 Å². The number of aromatic nitrogens is 1. The summed E-state index contributed by atoms with van der Waals surface area (Å²) in [6.07, 6.45) is 1.60. The van der Waals surface area contributed by atoms with Gasteiger partial charge in [0.2, 0.25) is 0 Å². The maximum Gasteiger partial charge on any atom is 0.341 e. The molecule has 0 bridgehead atoms. The Kier molecular flexibility index (Phi) is 9.00. The van der Waals surface area contributed by atoms with Crippen LogP contribution in [0.5, 0.6) is 11.5 Å². The van der Waals surface area contributed by atoms with Gasteiger partial charge in [0.15, 0.2) is 17.2 Å². The largest absolute Gasteiger partial charge is 0.497 e. The number of fused-ring (bicyclic) bond motifs is 1. The molecule has 1 N–H and O–H groups in total. The third-order valence-corrected chi connectivity index (χ3v) is 7.99. The zero-order valence-corrected chi connectivity index (χ0v) is 25.2. The second-order valence-electron chi connectivity index (χ2n) is 9.20. The van der Waals surface area contributed by atoms with Gasteiger partial charge in [0, 0.05) is 5.56 Å². The van der Waals surface area contributed by atoms with Gasteiger partial charge < -0.3 is 19.3 Å². The molecule has 2 heterocycles. The fourth-order valence-corrected chi connectivity index (χ4v) is 6.27. The summed E-state index contributed by atoms with van der Waals surface area (Å²) < 4.78 is 17.9. The fourth-order valence-electron chi connectivity index (χ4n) is 4.65. The van der Waals surface area contributed by atoms with Crippen molar-refractivity contribution in [3.63, 3.8) is 0 Å². The summed E-state index contributed by atoms with van der Waals surface area (Å²) in [4.78, 5) is 43.7. The predicted octanol–water partition coefficient (Wildman–Crippen LogP) is 4.71. The number of ether oxygens (including phenoxy) is 3. The number of thiazole rings is 1. The minimum atomic E-state index is -1.18. The lowest BCUT2D eigenvalue weighted by Crippen LogP contribution is -2.40. The quantitative estimate of drug-likeness (QED) is 0.264. The molecule has 0 fully saturated rings. The van der Waals surface area contributed by atoms with E-state index in [1.807, 2.05) is 36.4 Å². The molecule has 5 rings (SSSR count). The molecule has 0 spiro atoms. The normalized spacial score (nSPS) is 14.6. The second-order valence-corrected chi connectivity index (χ2v) is 11.0. The predicted molar refractivity (Wildman–Crippen MR) is 164 cm³/mol. The number of carbonyl (C=O) groups excluding carboxylic acids is 1. The standard InChI is InChI=1S/C31H24Cl2N2O7S/c1-3-41-30(39)25-26(18-8-5-4-6-9-18)34-31-35(27(25)19-10-7-11-20(15-19)40-2)29(38)23(43-31)14-17-12-21(32)28(22(33)13-17)42-16-24(36)37/h4-15,27H,3,16H2,1-2H3,(H,36,37)/b23-14-/t27-/m1/s1. The smallest absolute Gasteiger partial charge is 0.341 e. The number of esters is 1. The molecule has 1 aromatic heterocycles. The van der Waals surface area contributed by atoms with Gasteiger partial charge in [-0.3, -0.25) is 9.36 Å². The maximum atomic E-state index is 14.1. The molecule has 0 unspecified atom stereocenters. The van der Waals surface area contributed by atoms with Crippen molar-refractivity contribution < 1.29 is 28.9 Å². The summed E-state index contributed by atoms with van der Waals surface area (Å²) in [5.41, 5.74) is 2.01. The van der Waals surface area contributed by atoms with E-state index in [2.05, 4.69) is 0 Å². The molecule has 0 aliphatic carbocycles. The highest BCUT2D eigenvalue weighted by atomic mass is 35.5. The van der Waals surface area contributed by atoms with Gasteiger partial charge >= 0.3 is 11.9 Å². The van der Waals surface area contributed by atoms with Crippen molar-refractivity contribution in [3.8, 4) is 11.5 Å². The Hall–Kier alpha value is -4.38. The number of aliphatic carboxylic acids is 1. The number of carboxylic acids is 1. The van der Waals surface area contributed by atoms with E-state index < -0.39 is 30.1 Å². The van der Waals surface area contributed by atoms with Crippen molar-refractivity contribution in [2.75, 3.05) is 20.3 Å². The van der Waals surface area contributed by atoms with Gasteiger partial charge in [-0.1, -0.05) is 77.0 Å². The lowest BCUT2D eigenvalue weighted by molar-refractivity contribution is -0.140. The van der Waals surface area contributed by atoms with E-state index in [1.54, 1.807) is 31.2 Å². The molecule has 0 saturated carbocycles. The molecule has 3 aromatic carbocycles. The zero-order valence-electron chi connectivity index (χ0n) is 22.9. The van der Waals surface area contributed by atoms with Crippen molar-refractivity contribution in [1.29, 1.82) is 0 Å². The Balaban J connectivity index is 1.75. The zero-order chi connectivity index (χ0) is 30.7. The van der Waals surface area contributed by atoms with Crippen LogP contribution in [0, 0.1) is 0 Å². The number of hydrogen-bond donors (Lipinski definition) is 1. The van der Waals surface area contributed by atoms with Crippen LogP contribution in [0.25, 0.3) is 11.8 Å². The summed E-state index contributed by atoms with van der Waals surface area (Å²) in [7, 11) is 1.54. The van der Waals surface area contributed by atoms with E-state index in [0.29, 0.717) is 37.5 Å². The van der Waals surface area contributed by atoms with Gasteiger partial charge in [0.1, 0.15) is 5.75 Å². The van der Waals surface area contributed by atoms with Crippen LogP contribution in [-0.4, -0.2) is 41.9 Å². The monoisotopic (exact) mass is 638 g/mol. The SMILES string of the molecule is CCOC(=O)C1=C(c2ccccc2)N=c2s/c(=C\c3cc(Cl)c(OCC(=O)O)c(Cl)c3)c(=O)n2[C@@H]1c1cccc(OC)c1. The molecule has 1 aliphatic heterocycles. The molecule has 220 valence electrons. The molecule has 4 aromatic rings. The van der Waals surface area contributed by atoms with Crippen LogP contribution in [0.4, 0.5) is 0 Å². The second kappa shape index (κ2) is 12.9. The van der Waals surface area contributed by atoms with E-state index in [4.69, 9.17) is 47.5 Å². The summed E-state index contributed by atoms with van der Waals surface area (Å²) >= 11 is 13.8. The lowest BCUT2D eigenvalue weighted by Gasteiger charge is -2.26. The Labute approximate surface area is 259 Å². The van der Waals surface area contributed by atoms with Gasteiger partial charge in [0.05, 0.1) is 45.6 Å². The molecule has 9 nitrogen and oxygen atoms in total. The number of halogens is 2. The van der Waals surface area contributed by atoms with E-state index in [-0.39, 0.29) is 28.0 Å². The molecule has 0 saturated heterocycles. The van der Waals surface area contributed by atoms with Crippen LogP contribution in [-0.2, 0) is 14.3 Å². The van der Waals surface area contributed by atoms with Gasteiger partial charge in [0.25, 0.3) is 5.56 Å². The minimum Gasteiger partial charge on any atom is -0.497 e. The average Bonchev–Trinajstić information content (AvgIpc) is 3.30. The summed E-state index contributed by atoms with van der Waals surface area (Å²) in [6.45, 7) is 1.23. The number of benzene rings is 3. The number of rotatable bonds is 9. The van der Waals surface area contributed by atoms with Gasteiger partial charge in [-0.25, -0.2) is 14.6 Å². The molecule has 0 amide bonds. The van der Waals surface area contributed by atoms with Crippen LogP contribution < -0.4 is 24.4 Å². The van der Waals surface area contributed by atoms with Gasteiger partial charge in [-0.2, -0.15) is 0 Å². The van der Waals surface area contributed by atoms with Crippen LogP contribution >= 0.6 is 34.5 Å². The highest BCUT2D eigenvalue weighted by molar-refractivity contribution is 7.07. The molecule has 43 heavy (non-hydrogen) atoms. The first-order chi connectivity index (χ1) is 20.7. The Morgan fingerprint density at radius 1 is 1.07 bits per heavy atom. The van der Waals surface area contributed by atoms with Crippen molar-refractivity contribution >= 4 is 58.3 Å². The summed E-state index contributed by atoms with van der Waals surface area (Å²) in [5, 5.41) is 9.09. The topological polar surface area (TPSA) is 116 Å². The number of hydrogen-bond acceptors (Lipinski definition) is 8. The van der Waals surface area contributed by atoms with Crippen molar-refractivity contribution in [3.05, 3.63) is 119 Å². The van der Waals surface area contributed by atoms with Gasteiger partial charge in [-0.15, -0.1) is 0 Å². The first-order valence-electron chi connectivity index (χ1n) is 13.0. The third kappa shape index (κ3) is 6.22. The van der Waals surface area contributed by atoms with Crippen LogP contribution in [0.1, 0.15) is 29.7 Å². The van der Waals surface area contributed by atoms with Crippen LogP contribution in [0.15, 0.2) is 82.1 Å². The van der Waals surface area contributed by atoms with E-state index in [1.165, 1.54) is 23.8 Å². The minimum absolute atomic E-state index is 0.0222. The highest BCUT2D eigenvalue weighted by Crippen LogP contribution is 2.37. The Morgan fingerprint density at radius 2 is 1.79 bits per heavy atom. The Morgan fingerprint density at radius 3 is 2.44 bits per heavy atom. The molecule has 1 atom stereocenters. The third-order valence-electron chi connectivity index (χ3n) is 6.44. The summed E-state index contributed by atoms with van der Waals surface area (Å²) in [6, 6.07) is 18.5. The summed E-state index contributed by atoms with van der Waals surface area (Å²) in [5.74, 6) is -1.20. The number of carboxylic acid groups (broad SMARTS) is 1. The highest BCUT2D eigenvalue weighted by Gasteiger charge is 2.35. The molecular formula is C31H24Cl2N2O7S. The molecule has 12 heteroatoms. The average molecular weight is 640 g/mol. The number of carbonyl (C=O) groups is 2. The molecular weight excluding hydrogens is 615 g/mol. The first-order valence-corrected chi connectivity index (χ1v) is 14.5. The van der Waals surface area contributed by atoms with Crippen LogP contribution in [0.3, 0.4) is 0 Å². The van der Waals surface area contributed by atoms with Crippen molar-refractivity contribution in [2.45, 2.75) is 13.0 Å². The molecule has 1 aliphatic rings. The first kappa shape index (κ1) is 30.1. The Bertz CT molecular complexity index is 1910. The number of methoxy groups -OCH3 is 1. The van der Waals surface area contributed by atoms with Gasteiger partial charge in [-0.05, 0) is 48.4 Å². The van der Waals surface area contributed by atoms with Crippen molar-refractivity contribution in [2.24, 2.45) is 4.99 Å². The van der Waals surface area contributed by atoms with Crippen molar-refractivity contribution in [1.82, 2.24) is 4.57 Å². The van der Waals surface area contributed by atoms with E-state index in [9.17, 15) is 14.4 Å². The van der Waals surface area contributed by atoms with E-state index in [0.717, 1.165) is 11.3 Å². The molecule has 0 radical (unpaired) electrons. The lowest BCUT2D eigenvalue weighted by atomic mass is 9.93. The number of nitrogens with zero attached hydrogens (tertiary/aromatic N) is 2. The maximum absolute atomic E-state index is 14.1. The van der Waals surface area contributed by atoms with Crippen LogP contribution in [0.2, 0.25) is 10.0 Å². The fraction of sp³-hybridized carbons (Fsp3) is 0.161.